The maximum Gasteiger partial charge on any atom is 0.152 e. The minimum atomic E-state index is -2.90. The second-order valence-electron chi connectivity index (χ2n) is 4.34. The quantitative estimate of drug-likeness (QED) is 0.758. The molecule has 1 heterocycles. The highest BCUT2D eigenvalue weighted by Gasteiger charge is 2.31. The monoisotopic (exact) mass is 253 g/mol. The van der Waals surface area contributed by atoms with Gasteiger partial charge in [-0.1, -0.05) is 12.1 Å². The van der Waals surface area contributed by atoms with Gasteiger partial charge in [0.05, 0.1) is 11.5 Å². The van der Waals surface area contributed by atoms with Crippen molar-refractivity contribution >= 4 is 21.8 Å². The molecule has 1 unspecified atom stereocenters. The van der Waals surface area contributed by atoms with Crippen LogP contribution in [0.25, 0.3) is 0 Å². The third-order valence-electron chi connectivity index (χ3n) is 3.20. The zero-order valence-electron chi connectivity index (χ0n) is 9.67. The summed E-state index contributed by atoms with van der Waals surface area (Å²) in [5.74, 6) is 0.419. The Balaban J connectivity index is 2.26. The fraction of sp³-hybridized carbons (Fsp3) is 0.417. The van der Waals surface area contributed by atoms with Gasteiger partial charge in [0.1, 0.15) is 0 Å². The summed E-state index contributed by atoms with van der Waals surface area (Å²) in [6.45, 7) is 0. The van der Waals surface area contributed by atoms with Crippen molar-refractivity contribution in [3.8, 4) is 0 Å². The smallest absolute Gasteiger partial charge is 0.152 e. The zero-order chi connectivity index (χ0) is 12.5. The number of benzene rings is 1. The van der Waals surface area contributed by atoms with E-state index >= 15 is 0 Å². The van der Waals surface area contributed by atoms with Crippen LogP contribution < -0.4 is 4.90 Å². The molecule has 0 spiro atoms. The number of carbonyl (C=O) groups excluding carboxylic acids is 1. The minimum Gasteiger partial charge on any atom is -0.370 e. The van der Waals surface area contributed by atoms with Crippen LogP contribution in [-0.2, 0) is 9.84 Å². The second-order valence-corrected chi connectivity index (χ2v) is 6.57. The Morgan fingerprint density at radius 1 is 1.35 bits per heavy atom. The number of anilines is 1. The van der Waals surface area contributed by atoms with Gasteiger partial charge in [0.25, 0.3) is 0 Å². The first-order valence-corrected chi connectivity index (χ1v) is 7.33. The Kier molecular flexibility index (Phi) is 3.19. The van der Waals surface area contributed by atoms with Crippen LogP contribution in [0, 0.1) is 0 Å². The molecular formula is C12H15NO3S. The summed E-state index contributed by atoms with van der Waals surface area (Å²) in [5.41, 5.74) is 1.39. The SMILES string of the molecule is CN(c1ccccc1C=O)C1CCS(=O)(=O)C1. The van der Waals surface area contributed by atoms with Crippen LogP contribution in [0.4, 0.5) is 5.69 Å². The molecule has 0 radical (unpaired) electrons. The first kappa shape index (κ1) is 12.1. The lowest BCUT2D eigenvalue weighted by molar-refractivity contribution is 0.112. The van der Waals surface area contributed by atoms with Gasteiger partial charge in [0, 0.05) is 24.3 Å². The lowest BCUT2D eigenvalue weighted by atomic mass is 10.1. The summed E-state index contributed by atoms with van der Waals surface area (Å²) in [6, 6.07) is 7.20. The number of para-hydroxylation sites is 1. The predicted molar refractivity (Wildman–Crippen MR) is 67.3 cm³/mol. The maximum absolute atomic E-state index is 11.4. The van der Waals surface area contributed by atoms with E-state index in [0.717, 1.165) is 12.0 Å². The Morgan fingerprint density at radius 2 is 2.06 bits per heavy atom. The van der Waals surface area contributed by atoms with Crippen molar-refractivity contribution in [2.75, 3.05) is 23.5 Å². The van der Waals surface area contributed by atoms with E-state index in [1.807, 2.05) is 24.1 Å². The van der Waals surface area contributed by atoms with Gasteiger partial charge in [0.15, 0.2) is 16.1 Å². The number of sulfone groups is 1. The van der Waals surface area contributed by atoms with E-state index in [1.54, 1.807) is 12.1 Å². The molecule has 92 valence electrons. The number of nitrogens with zero attached hydrogens (tertiary/aromatic N) is 1. The molecule has 1 saturated heterocycles. The first-order valence-electron chi connectivity index (χ1n) is 5.51. The number of hydrogen-bond acceptors (Lipinski definition) is 4. The fourth-order valence-corrected chi connectivity index (χ4v) is 3.96. The van der Waals surface area contributed by atoms with Crippen LogP contribution in [0.1, 0.15) is 16.8 Å². The third kappa shape index (κ3) is 2.49. The normalized spacial score (nSPS) is 22.3. The van der Waals surface area contributed by atoms with Crippen molar-refractivity contribution in [3.05, 3.63) is 29.8 Å². The number of hydrogen-bond donors (Lipinski definition) is 0. The standard InChI is InChI=1S/C12H15NO3S/c1-13(11-6-7-17(15,16)9-11)12-5-3-2-4-10(12)8-14/h2-5,8,11H,6-7,9H2,1H3. The average molecular weight is 253 g/mol. The summed E-state index contributed by atoms with van der Waals surface area (Å²) in [5, 5.41) is 0. The maximum atomic E-state index is 11.4. The third-order valence-corrected chi connectivity index (χ3v) is 4.95. The van der Waals surface area contributed by atoms with Crippen molar-refractivity contribution in [1.82, 2.24) is 0 Å². The molecule has 1 aromatic rings. The van der Waals surface area contributed by atoms with Crippen LogP contribution in [0.5, 0.6) is 0 Å². The van der Waals surface area contributed by atoms with E-state index in [0.29, 0.717) is 12.0 Å². The molecule has 0 amide bonds. The fourth-order valence-electron chi connectivity index (χ4n) is 2.19. The molecule has 1 aliphatic heterocycles. The molecule has 0 aliphatic carbocycles. The second kappa shape index (κ2) is 4.49. The Labute approximate surface area is 101 Å². The molecule has 0 aromatic heterocycles. The van der Waals surface area contributed by atoms with E-state index in [1.165, 1.54) is 0 Å². The topological polar surface area (TPSA) is 54.5 Å². The highest BCUT2D eigenvalue weighted by Crippen LogP contribution is 2.24. The number of carbonyl (C=O) groups is 1. The number of aldehydes is 1. The summed E-state index contributed by atoms with van der Waals surface area (Å²) in [6.07, 6.45) is 1.43. The van der Waals surface area contributed by atoms with Crippen molar-refractivity contribution in [3.63, 3.8) is 0 Å². The molecule has 0 bridgehead atoms. The van der Waals surface area contributed by atoms with E-state index in [-0.39, 0.29) is 17.5 Å². The van der Waals surface area contributed by atoms with Gasteiger partial charge in [-0.15, -0.1) is 0 Å². The highest BCUT2D eigenvalue weighted by molar-refractivity contribution is 7.91. The Bertz CT molecular complexity index is 524. The highest BCUT2D eigenvalue weighted by atomic mass is 32.2. The van der Waals surface area contributed by atoms with E-state index in [9.17, 15) is 13.2 Å². The van der Waals surface area contributed by atoms with Gasteiger partial charge in [-0.3, -0.25) is 4.79 Å². The lowest BCUT2D eigenvalue weighted by Crippen LogP contribution is -2.33. The van der Waals surface area contributed by atoms with E-state index in [2.05, 4.69) is 0 Å². The van der Waals surface area contributed by atoms with Gasteiger partial charge in [-0.2, -0.15) is 0 Å². The van der Waals surface area contributed by atoms with Crippen molar-refractivity contribution in [2.24, 2.45) is 0 Å². The van der Waals surface area contributed by atoms with Crippen LogP contribution in [0.15, 0.2) is 24.3 Å². The summed E-state index contributed by atoms with van der Waals surface area (Å²) < 4.78 is 22.9. The first-order chi connectivity index (χ1) is 8.03. The van der Waals surface area contributed by atoms with Gasteiger partial charge in [-0.05, 0) is 18.6 Å². The van der Waals surface area contributed by atoms with E-state index in [4.69, 9.17) is 0 Å². The van der Waals surface area contributed by atoms with E-state index < -0.39 is 9.84 Å². The van der Waals surface area contributed by atoms with Crippen LogP contribution >= 0.6 is 0 Å². The molecule has 17 heavy (non-hydrogen) atoms. The minimum absolute atomic E-state index is 0.0268. The Morgan fingerprint density at radius 3 is 2.65 bits per heavy atom. The van der Waals surface area contributed by atoms with Gasteiger partial charge < -0.3 is 4.90 Å². The molecule has 5 heteroatoms. The predicted octanol–water partition coefficient (Wildman–Crippen LogP) is 1.12. The van der Waals surface area contributed by atoms with Gasteiger partial charge in [0.2, 0.25) is 0 Å². The molecule has 1 aliphatic rings. The molecule has 1 aromatic carbocycles. The lowest BCUT2D eigenvalue weighted by Gasteiger charge is -2.26. The summed E-state index contributed by atoms with van der Waals surface area (Å²) >= 11 is 0. The summed E-state index contributed by atoms with van der Waals surface area (Å²) in [7, 11) is -1.06. The average Bonchev–Trinajstić information content (AvgIpc) is 2.68. The van der Waals surface area contributed by atoms with Crippen molar-refractivity contribution < 1.29 is 13.2 Å². The van der Waals surface area contributed by atoms with Gasteiger partial charge in [-0.25, -0.2) is 8.42 Å². The molecular weight excluding hydrogens is 238 g/mol. The molecule has 4 nitrogen and oxygen atoms in total. The zero-order valence-corrected chi connectivity index (χ0v) is 10.5. The van der Waals surface area contributed by atoms with Crippen LogP contribution in [-0.4, -0.2) is 39.3 Å². The molecule has 1 fully saturated rings. The van der Waals surface area contributed by atoms with Crippen molar-refractivity contribution in [1.29, 1.82) is 0 Å². The molecule has 1 atom stereocenters. The summed E-state index contributed by atoms with van der Waals surface area (Å²) in [4.78, 5) is 12.8. The molecule has 0 N–H and O–H groups in total. The molecule has 0 saturated carbocycles. The van der Waals surface area contributed by atoms with Crippen molar-refractivity contribution in [2.45, 2.75) is 12.5 Å². The van der Waals surface area contributed by atoms with Gasteiger partial charge >= 0.3 is 0 Å². The van der Waals surface area contributed by atoms with Crippen LogP contribution in [0.2, 0.25) is 0 Å². The largest absolute Gasteiger partial charge is 0.370 e. The number of rotatable bonds is 3. The van der Waals surface area contributed by atoms with Crippen LogP contribution in [0.3, 0.4) is 0 Å². The Hall–Kier alpha value is -1.36. The molecule has 2 rings (SSSR count).